The highest BCUT2D eigenvalue weighted by atomic mass is 32.2. The fraction of sp³-hybridized carbons (Fsp3) is 0.485. The summed E-state index contributed by atoms with van der Waals surface area (Å²) >= 11 is 3.84. The molecule has 0 bridgehead atoms. The fourth-order valence-corrected chi connectivity index (χ4v) is 9.29. The van der Waals surface area contributed by atoms with Crippen LogP contribution in [0.1, 0.15) is 64.0 Å². The van der Waals surface area contributed by atoms with Crippen molar-refractivity contribution in [2.24, 2.45) is 5.92 Å². The van der Waals surface area contributed by atoms with Crippen LogP contribution in [0.15, 0.2) is 54.6 Å². The highest BCUT2D eigenvalue weighted by Gasteiger charge is 2.48. The number of aromatic nitrogens is 3. The average molecular weight is 684 g/mol. The van der Waals surface area contributed by atoms with Gasteiger partial charge in [0.15, 0.2) is 17.3 Å². The first-order valence-corrected chi connectivity index (χ1v) is 17.6. The molecular weight excluding hydrogens is 643 g/mol. The molecule has 2 aliphatic heterocycles. The third-order valence-corrected chi connectivity index (χ3v) is 11.7. The van der Waals surface area contributed by atoms with Gasteiger partial charge in [-0.3, -0.25) is 28.9 Å². The summed E-state index contributed by atoms with van der Waals surface area (Å²) in [5.74, 6) is -0.321. The van der Waals surface area contributed by atoms with E-state index in [-0.39, 0.29) is 40.9 Å². The topological polar surface area (TPSA) is 161 Å². The van der Waals surface area contributed by atoms with Crippen LogP contribution in [0.4, 0.5) is 0 Å². The number of benzene rings is 2. The van der Waals surface area contributed by atoms with E-state index < -0.39 is 29.4 Å². The molecule has 0 saturated carbocycles. The largest absolute Gasteiger partial charge is 0.342 e. The quantitative estimate of drug-likeness (QED) is 0.143. The Morgan fingerprint density at radius 3 is 2.38 bits per heavy atom. The van der Waals surface area contributed by atoms with Crippen molar-refractivity contribution in [3.63, 3.8) is 0 Å². The van der Waals surface area contributed by atoms with Gasteiger partial charge >= 0.3 is 0 Å². The average Bonchev–Trinajstić information content (AvgIpc) is 3.80. The smallest absolute Gasteiger partial charge is 0.221 e. The lowest BCUT2D eigenvalue weighted by Gasteiger charge is -2.20. The minimum atomic E-state index is -0.794. The Morgan fingerprint density at radius 2 is 1.72 bits per heavy atom. The van der Waals surface area contributed by atoms with Crippen LogP contribution < -0.4 is 10.3 Å². The zero-order valence-electron chi connectivity index (χ0n) is 26.8. The number of amides is 1. The molecule has 2 aromatic carbocycles. The molecule has 2 N–H and O–H groups in total. The summed E-state index contributed by atoms with van der Waals surface area (Å²) in [5.41, 5.74) is 1.98. The molecule has 5 rings (SSSR count). The number of fused-ring (bicyclic) bond motifs is 1. The molecule has 252 valence electrons. The third-order valence-electron chi connectivity index (χ3n) is 8.27. The highest BCUT2D eigenvalue weighted by Crippen LogP contribution is 2.51. The SMILES string of the molecule is CCCC(CC(=O)C1CC2(CN1C)SCCS2)C(=O)C(=O)CCC(=O)N[C@H](C(C)=O)c1ccccc1.OOn1nnc2ccccc21. The van der Waals surface area contributed by atoms with E-state index in [1.807, 2.05) is 49.6 Å². The molecule has 1 spiro atoms. The van der Waals surface area contributed by atoms with Gasteiger partial charge in [0.2, 0.25) is 11.7 Å². The molecule has 12 nitrogen and oxygen atoms in total. The van der Waals surface area contributed by atoms with E-state index in [2.05, 4.69) is 25.5 Å². The summed E-state index contributed by atoms with van der Waals surface area (Å²) in [6, 6.07) is 15.0. The van der Waals surface area contributed by atoms with E-state index in [4.69, 9.17) is 5.26 Å². The van der Waals surface area contributed by atoms with Crippen molar-refractivity contribution < 1.29 is 34.2 Å². The number of carbonyl (C=O) groups excluding carboxylic acids is 5. The highest BCUT2D eigenvalue weighted by molar-refractivity contribution is 8.21. The van der Waals surface area contributed by atoms with E-state index in [1.165, 1.54) is 6.92 Å². The first kappa shape index (κ1) is 36.2. The molecule has 1 amide bonds. The number of likely N-dealkylation sites (N-methyl/N-ethyl adjacent to an activating group) is 1. The molecule has 2 saturated heterocycles. The van der Waals surface area contributed by atoms with Crippen molar-refractivity contribution in [2.75, 3.05) is 25.1 Å². The Balaban J connectivity index is 0.000000379. The Kier molecular flexibility index (Phi) is 13.1. The van der Waals surface area contributed by atoms with Crippen LogP contribution in [0.3, 0.4) is 0 Å². The molecule has 0 radical (unpaired) electrons. The molecule has 2 fully saturated rings. The van der Waals surface area contributed by atoms with Crippen LogP contribution in [0.5, 0.6) is 0 Å². The van der Waals surface area contributed by atoms with Gasteiger partial charge in [0.25, 0.3) is 0 Å². The monoisotopic (exact) mass is 683 g/mol. The van der Waals surface area contributed by atoms with Gasteiger partial charge in [-0.15, -0.1) is 28.6 Å². The van der Waals surface area contributed by atoms with Crippen molar-refractivity contribution in [3.8, 4) is 0 Å². The summed E-state index contributed by atoms with van der Waals surface area (Å²) in [5, 5.41) is 18.2. The molecule has 2 aliphatic rings. The molecule has 14 heteroatoms. The molecule has 3 heterocycles. The number of nitrogens with zero attached hydrogens (tertiary/aromatic N) is 4. The van der Waals surface area contributed by atoms with Crippen LogP contribution in [-0.4, -0.2) is 89.6 Å². The number of para-hydroxylation sites is 1. The molecule has 0 aliphatic carbocycles. The summed E-state index contributed by atoms with van der Waals surface area (Å²) in [6.45, 7) is 4.17. The number of rotatable bonds is 14. The second-order valence-corrected chi connectivity index (χ2v) is 15.0. The lowest BCUT2D eigenvalue weighted by molar-refractivity contribution is -0.250. The molecule has 1 aromatic heterocycles. The maximum atomic E-state index is 13.2. The summed E-state index contributed by atoms with van der Waals surface area (Å²) in [6.07, 6.45) is 1.57. The van der Waals surface area contributed by atoms with Gasteiger partial charge in [0.05, 0.1) is 10.1 Å². The number of likely N-dealkylation sites (tertiary alicyclic amines) is 1. The predicted molar refractivity (Wildman–Crippen MR) is 181 cm³/mol. The van der Waals surface area contributed by atoms with Crippen LogP contribution in [0, 0.1) is 5.92 Å². The zero-order chi connectivity index (χ0) is 34.0. The van der Waals surface area contributed by atoms with E-state index in [1.54, 1.807) is 42.5 Å². The number of thioether (sulfide) groups is 2. The Hall–Kier alpha value is -3.59. The van der Waals surface area contributed by atoms with Crippen molar-refractivity contribution in [1.82, 2.24) is 25.4 Å². The fourth-order valence-electron chi connectivity index (χ4n) is 5.91. The van der Waals surface area contributed by atoms with Gasteiger partial charge in [0.1, 0.15) is 17.1 Å². The second-order valence-electron chi connectivity index (χ2n) is 11.7. The number of ketones is 4. The van der Waals surface area contributed by atoms with Crippen LogP contribution >= 0.6 is 23.5 Å². The second kappa shape index (κ2) is 17.0. The Bertz CT molecular complexity index is 1560. The summed E-state index contributed by atoms with van der Waals surface area (Å²) in [7, 11) is 1.96. The maximum Gasteiger partial charge on any atom is 0.221 e. The van der Waals surface area contributed by atoms with E-state index in [0.717, 1.165) is 29.3 Å². The lowest BCUT2D eigenvalue weighted by Crippen LogP contribution is -2.36. The van der Waals surface area contributed by atoms with Gasteiger partial charge in [-0.25, -0.2) is 4.99 Å². The van der Waals surface area contributed by atoms with Crippen molar-refractivity contribution in [2.45, 2.75) is 68.5 Å². The molecule has 47 heavy (non-hydrogen) atoms. The standard InChI is InChI=1S/C27H36N2O5S2.C6H5N3O2/c1-4-8-20(15-23(32)21-16-27(17-29(21)3)35-13-14-36-27)26(34)22(31)11-12-24(33)28-25(18(2)30)19-9-6-5-7-10-19;10-11-9-6-4-2-1-3-5(6)7-8-9/h5-7,9-10,20-21,25H,4,8,11-17H2,1-3H3,(H,28,33);1-4,10H/t20?,21?,25-;/m1./s1. The maximum absolute atomic E-state index is 13.2. The Morgan fingerprint density at radius 1 is 1.04 bits per heavy atom. The molecule has 2 unspecified atom stereocenters. The first-order valence-electron chi connectivity index (χ1n) is 15.6. The van der Waals surface area contributed by atoms with Gasteiger partial charge in [-0.05, 0) is 54.6 Å². The van der Waals surface area contributed by atoms with Crippen LogP contribution in [0.2, 0.25) is 0 Å². The minimum Gasteiger partial charge on any atom is -0.342 e. The Labute approximate surface area is 282 Å². The van der Waals surface area contributed by atoms with E-state index in [9.17, 15) is 24.0 Å². The first-order chi connectivity index (χ1) is 22.6. The van der Waals surface area contributed by atoms with E-state index >= 15 is 0 Å². The normalized spacial score (nSPS) is 18.3. The van der Waals surface area contributed by atoms with Crippen molar-refractivity contribution in [3.05, 3.63) is 60.2 Å². The number of hydrogen-bond donors (Lipinski definition) is 2. The molecule has 3 aromatic rings. The molecular formula is C33H41N5O7S2. The molecule has 3 atom stereocenters. The summed E-state index contributed by atoms with van der Waals surface area (Å²) in [4.78, 5) is 70.3. The van der Waals surface area contributed by atoms with Crippen LogP contribution in [0.25, 0.3) is 11.0 Å². The van der Waals surface area contributed by atoms with E-state index in [0.29, 0.717) is 29.4 Å². The van der Waals surface area contributed by atoms with Crippen molar-refractivity contribution in [1.29, 1.82) is 0 Å². The van der Waals surface area contributed by atoms with Gasteiger partial charge in [-0.2, -0.15) is 5.26 Å². The number of carbonyl (C=O) groups is 5. The van der Waals surface area contributed by atoms with Crippen LogP contribution in [-0.2, 0) is 24.0 Å². The number of hydrogen-bond acceptors (Lipinski definition) is 12. The zero-order valence-corrected chi connectivity index (χ0v) is 28.4. The number of Topliss-reactive ketones (excluding diaryl/α,β-unsaturated/α-hetero) is 4. The third kappa shape index (κ3) is 9.49. The predicted octanol–water partition coefficient (Wildman–Crippen LogP) is 3.94. The van der Waals surface area contributed by atoms with Gasteiger partial charge in [-0.1, -0.05) is 55.8 Å². The minimum absolute atomic E-state index is 0.0204. The van der Waals surface area contributed by atoms with Crippen molar-refractivity contribution >= 4 is 63.6 Å². The van der Waals surface area contributed by atoms with Gasteiger partial charge < -0.3 is 5.32 Å². The lowest BCUT2D eigenvalue weighted by atomic mass is 9.87. The summed E-state index contributed by atoms with van der Waals surface area (Å²) < 4.78 is 0.0694. The van der Waals surface area contributed by atoms with Gasteiger partial charge in [0, 0.05) is 43.2 Å². The number of nitrogens with one attached hydrogen (secondary N) is 1.